The number of nitrogens with zero attached hydrogens (tertiary/aromatic N) is 1. The van der Waals surface area contributed by atoms with Crippen molar-refractivity contribution in [2.45, 2.75) is 32.0 Å². The van der Waals surface area contributed by atoms with Gasteiger partial charge in [0, 0.05) is 24.8 Å². The minimum atomic E-state index is 0.606. The molecule has 0 saturated heterocycles. The number of hydrogen-bond donors (Lipinski definition) is 1. The molecular weight excluding hydrogens is 303 g/mol. The average molecular weight is 321 g/mol. The van der Waals surface area contributed by atoms with Crippen LogP contribution in [0.1, 0.15) is 24.0 Å². The van der Waals surface area contributed by atoms with Crippen LogP contribution in [0.3, 0.4) is 0 Å². The van der Waals surface area contributed by atoms with Crippen LogP contribution < -0.4 is 5.73 Å². The molecule has 0 spiro atoms. The molecule has 21 heavy (non-hydrogen) atoms. The van der Waals surface area contributed by atoms with Crippen LogP contribution in [0.5, 0.6) is 0 Å². The highest BCUT2D eigenvalue weighted by atomic mass is 35.5. The molecule has 0 aromatic heterocycles. The highest BCUT2D eigenvalue weighted by molar-refractivity contribution is 6.42. The van der Waals surface area contributed by atoms with Gasteiger partial charge in [0.25, 0.3) is 0 Å². The minimum Gasteiger partial charge on any atom is -0.399 e. The van der Waals surface area contributed by atoms with Crippen molar-refractivity contribution >= 4 is 28.9 Å². The number of hydrogen-bond acceptors (Lipinski definition) is 2. The molecule has 2 nitrogen and oxygen atoms in total. The lowest BCUT2D eigenvalue weighted by Crippen LogP contribution is -2.25. The molecule has 4 heteroatoms. The van der Waals surface area contributed by atoms with Crippen LogP contribution in [0.2, 0.25) is 10.0 Å². The second-order valence-electron chi connectivity index (χ2n) is 5.63. The van der Waals surface area contributed by atoms with Gasteiger partial charge in [-0.05, 0) is 48.2 Å². The third-order valence-corrected chi connectivity index (χ3v) is 4.51. The summed E-state index contributed by atoms with van der Waals surface area (Å²) in [4.78, 5) is 2.48. The highest BCUT2D eigenvalue weighted by Gasteiger charge is 2.29. The van der Waals surface area contributed by atoms with E-state index >= 15 is 0 Å². The third-order valence-electron chi connectivity index (χ3n) is 3.77. The monoisotopic (exact) mass is 320 g/mol. The average Bonchev–Trinajstić information content (AvgIpc) is 3.27. The summed E-state index contributed by atoms with van der Waals surface area (Å²) in [5, 5.41) is 1.23. The molecular formula is C17H18Cl2N2. The van der Waals surface area contributed by atoms with E-state index in [1.807, 2.05) is 36.4 Å². The van der Waals surface area contributed by atoms with Gasteiger partial charge in [-0.3, -0.25) is 4.90 Å². The predicted octanol–water partition coefficient (Wildman–Crippen LogP) is 4.74. The smallest absolute Gasteiger partial charge is 0.0595 e. The van der Waals surface area contributed by atoms with E-state index in [9.17, 15) is 0 Å². The number of nitrogens with two attached hydrogens (primary N) is 1. The van der Waals surface area contributed by atoms with Crippen molar-refractivity contribution < 1.29 is 0 Å². The van der Waals surface area contributed by atoms with E-state index in [1.54, 1.807) is 0 Å². The Kier molecular flexibility index (Phi) is 4.39. The van der Waals surface area contributed by atoms with Gasteiger partial charge in [-0.2, -0.15) is 0 Å². The second kappa shape index (κ2) is 6.27. The number of rotatable bonds is 5. The summed E-state index contributed by atoms with van der Waals surface area (Å²) in [6.07, 6.45) is 2.53. The van der Waals surface area contributed by atoms with Crippen molar-refractivity contribution in [1.29, 1.82) is 0 Å². The van der Waals surface area contributed by atoms with Crippen LogP contribution in [0.25, 0.3) is 0 Å². The summed E-state index contributed by atoms with van der Waals surface area (Å²) in [5.41, 5.74) is 9.13. The van der Waals surface area contributed by atoms with Crippen molar-refractivity contribution in [3.63, 3.8) is 0 Å². The maximum absolute atomic E-state index is 6.11. The Balaban J connectivity index is 1.74. The molecule has 110 valence electrons. The van der Waals surface area contributed by atoms with Gasteiger partial charge in [-0.15, -0.1) is 0 Å². The van der Waals surface area contributed by atoms with Crippen LogP contribution in [0, 0.1) is 0 Å². The number of benzene rings is 2. The zero-order valence-corrected chi connectivity index (χ0v) is 13.2. The molecule has 2 N–H and O–H groups in total. The Bertz CT molecular complexity index is 638. The van der Waals surface area contributed by atoms with Crippen LogP contribution in [-0.4, -0.2) is 10.9 Å². The van der Waals surface area contributed by atoms with Gasteiger partial charge in [0.2, 0.25) is 0 Å². The summed E-state index contributed by atoms with van der Waals surface area (Å²) in [6.45, 7) is 1.80. The van der Waals surface area contributed by atoms with Gasteiger partial charge in [-0.1, -0.05) is 41.4 Å². The SMILES string of the molecule is Nc1cccc(CN(Cc2ccc(Cl)c(Cl)c2)C2CC2)c1. The first-order valence-corrected chi connectivity index (χ1v) is 7.90. The van der Waals surface area contributed by atoms with E-state index in [-0.39, 0.29) is 0 Å². The van der Waals surface area contributed by atoms with E-state index in [0.29, 0.717) is 16.1 Å². The first-order chi connectivity index (χ1) is 10.1. The molecule has 2 aromatic carbocycles. The summed E-state index contributed by atoms with van der Waals surface area (Å²) >= 11 is 12.1. The molecule has 0 unspecified atom stereocenters. The molecule has 1 saturated carbocycles. The lowest BCUT2D eigenvalue weighted by molar-refractivity contribution is 0.246. The molecule has 1 aliphatic carbocycles. The van der Waals surface area contributed by atoms with Gasteiger partial charge in [0.05, 0.1) is 10.0 Å². The summed E-state index contributed by atoms with van der Waals surface area (Å²) in [7, 11) is 0. The van der Waals surface area contributed by atoms with Gasteiger partial charge in [-0.25, -0.2) is 0 Å². The molecule has 0 radical (unpaired) electrons. The largest absolute Gasteiger partial charge is 0.399 e. The van der Waals surface area contributed by atoms with Gasteiger partial charge in [0.1, 0.15) is 0 Å². The molecule has 3 rings (SSSR count). The second-order valence-corrected chi connectivity index (χ2v) is 6.44. The number of anilines is 1. The number of nitrogen functional groups attached to an aromatic ring is 1. The molecule has 0 heterocycles. The molecule has 2 aromatic rings. The summed E-state index contributed by atoms with van der Waals surface area (Å²) < 4.78 is 0. The minimum absolute atomic E-state index is 0.606. The standard InChI is InChI=1S/C17H18Cl2N2/c18-16-7-4-13(9-17(16)19)11-21(15-5-6-15)10-12-2-1-3-14(20)8-12/h1-4,7-9,15H,5-6,10-11,20H2. The normalized spacial score (nSPS) is 14.6. The molecule has 1 fully saturated rings. The molecule has 0 atom stereocenters. The number of halogens is 2. The Hall–Kier alpha value is -1.22. The van der Waals surface area contributed by atoms with Crippen molar-refractivity contribution in [2.24, 2.45) is 0 Å². The third kappa shape index (κ3) is 3.91. The van der Waals surface area contributed by atoms with E-state index in [0.717, 1.165) is 18.8 Å². The molecule has 0 aliphatic heterocycles. The fourth-order valence-electron chi connectivity index (χ4n) is 2.55. The molecule has 1 aliphatic rings. The Morgan fingerprint density at radius 1 is 0.952 bits per heavy atom. The van der Waals surface area contributed by atoms with E-state index in [2.05, 4.69) is 11.0 Å². The van der Waals surface area contributed by atoms with E-state index < -0.39 is 0 Å². The van der Waals surface area contributed by atoms with Crippen molar-refractivity contribution in [3.05, 3.63) is 63.6 Å². The van der Waals surface area contributed by atoms with Crippen LogP contribution in [-0.2, 0) is 13.1 Å². The van der Waals surface area contributed by atoms with Crippen molar-refractivity contribution in [1.82, 2.24) is 4.90 Å². The van der Waals surface area contributed by atoms with Gasteiger partial charge >= 0.3 is 0 Å². The topological polar surface area (TPSA) is 29.3 Å². The zero-order chi connectivity index (χ0) is 14.8. The summed E-state index contributed by atoms with van der Waals surface area (Å²) in [5.74, 6) is 0. The van der Waals surface area contributed by atoms with E-state index in [1.165, 1.54) is 24.0 Å². The predicted molar refractivity (Wildman–Crippen MR) is 89.6 cm³/mol. The van der Waals surface area contributed by atoms with E-state index in [4.69, 9.17) is 28.9 Å². The van der Waals surface area contributed by atoms with Crippen molar-refractivity contribution in [2.75, 3.05) is 5.73 Å². The molecule has 0 amide bonds. The molecule has 0 bridgehead atoms. The first-order valence-electron chi connectivity index (χ1n) is 7.14. The zero-order valence-electron chi connectivity index (χ0n) is 11.7. The fraction of sp³-hybridized carbons (Fsp3) is 0.294. The van der Waals surface area contributed by atoms with Crippen LogP contribution >= 0.6 is 23.2 Å². The Labute approximate surface area is 135 Å². The van der Waals surface area contributed by atoms with Gasteiger partial charge < -0.3 is 5.73 Å². The lowest BCUT2D eigenvalue weighted by atomic mass is 10.1. The van der Waals surface area contributed by atoms with Crippen LogP contribution in [0.15, 0.2) is 42.5 Å². The fourth-order valence-corrected chi connectivity index (χ4v) is 2.87. The highest BCUT2D eigenvalue weighted by Crippen LogP contribution is 2.31. The summed E-state index contributed by atoms with van der Waals surface area (Å²) in [6, 6.07) is 14.6. The lowest BCUT2D eigenvalue weighted by Gasteiger charge is -2.22. The quantitative estimate of drug-likeness (QED) is 0.806. The van der Waals surface area contributed by atoms with Crippen molar-refractivity contribution in [3.8, 4) is 0 Å². The first kappa shape index (κ1) is 14.7. The maximum atomic E-state index is 6.11. The van der Waals surface area contributed by atoms with Crippen LogP contribution in [0.4, 0.5) is 5.69 Å². The Morgan fingerprint density at radius 3 is 2.29 bits per heavy atom. The van der Waals surface area contributed by atoms with Gasteiger partial charge in [0.15, 0.2) is 0 Å². The maximum Gasteiger partial charge on any atom is 0.0595 e. The Morgan fingerprint density at radius 2 is 1.67 bits per heavy atom.